The van der Waals surface area contributed by atoms with Gasteiger partial charge in [-0.15, -0.1) is 0 Å². The Hall–Kier alpha value is -2.38. The van der Waals surface area contributed by atoms with Crippen molar-refractivity contribution in [3.63, 3.8) is 0 Å². The number of amides is 1. The molecule has 2 aromatic rings. The molecule has 7 nitrogen and oxygen atoms in total. The maximum absolute atomic E-state index is 12.2. The van der Waals surface area contributed by atoms with E-state index >= 15 is 0 Å². The van der Waals surface area contributed by atoms with E-state index in [9.17, 15) is 4.79 Å². The maximum Gasteiger partial charge on any atom is 0.273 e. The van der Waals surface area contributed by atoms with Crippen LogP contribution < -0.4 is 10.2 Å². The average molecular weight is 414 g/mol. The molecule has 1 amide bonds. The van der Waals surface area contributed by atoms with Crippen molar-refractivity contribution in [2.75, 3.05) is 51.7 Å². The van der Waals surface area contributed by atoms with E-state index in [1.165, 1.54) is 17.5 Å². The lowest BCUT2D eigenvalue weighted by molar-refractivity contribution is 0.0946. The van der Waals surface area contributed by atoms with Crippen molar-refractivity contribution >= 4 is 11.6 Å². The summed E-state index contributed by atoms with van der Waals surface area (Å²) in [4.78, 5) is 23.4. The van der Waals surface area contributed by atoms with Crippen molar-refractivity contribution in [2.24, 2.45) is 5.92 Å². The van der Waals surface area contributed by atoms with E-state index in [0.29, 0.717) is 30.6 Å². The molecule has 1 aromatic heterocycles. The van der Waals surface area contributed by atoms with Crippen LogP contribution in [-0.4, -0.2) is 67.5 Å². The first kappa shape index (κ1) is 22.3. The second-order valence-electron chi connectivity index (χ2n) is 8.68. The van der Waals surface area contributed by atoms with E-state index in [-0.39, 0.29) is 5.91 Å². The number of carbonyl (C=O) groups excluding carboxylic acids is 1. The summed E-state index contributed by atoms with van der Waals surface area (Å²) in [5.74, 6) is 1.02. The second-order valence-corrected chi connectivity index (χ2v) is 8.68. The summed E-state index contributed by atoms with van der Waals surface area (Å²) in [5, 5.41) is 2.90. The SMILES string of the molecule is CC(C)CCNC(=O)c1coc(CN2CCN(Cc3ccc(N(C)C)cc3)CC2)n1. The Morgan fingerprint density at radius 1 is 1.10 bits per heavy atom. The van der Waals surface area contributed by atoms with Crippen molar-refractivity contribution < 1.29 is 9.21 Å². The van der Waals surface area contributed by atoms with Crippen LogP contribution in [0.4, 0.5) is 5.69 Å². The first-order chi connectivity index (χ1) is 14.4. The standard InChI is InChI=1S/C23H35N5O2/c1-18(2)9-10-24-23(29)21-17-30-22(25-21)16-28-13-11-27(12-14-28)15-19-5-7-20(8-6-19)26(3)4/h5-8,17-18H,9-16H2,1-4H3,(H,24,29). The molecular weight excluding hydrogens is 378 g/mol. The van der Waals surface area contributed by atoms with E-state index in [1.54, 1.807) is 0 Å². The lowest BCUT2D eigenvalue weighted by atomic mass is 10.1. The molecule has 1 fully saturated rings. The van der Waals surface area contributed by atoms with Gasteiger partial charge in [-0.05, 0) is 30.0 Å². The lowest BCUT2D eigenvalue weighted by Crippen LogP contribution is -2.45. The monoisotopic (exact) mass is 413 g/mol. The zero-order valence-corrected chi connectivity index (χ0v) is 18.7. The van der Waals surface area contributed by atoms with Gasteiger partial charge in [0.15, 0.2) is 5.69 Å². The smallest absolute Gasteiger partial charge is 0.273 e. The highest BCUT2D eigenvalue weighted by Crippen LogP contribution is 2.15. The molecule has 1 aliphatic rings. The fourth-order valence-corrected chi connectivity index (χ4v) is 3.51. The fourth-order valence-electron chi connectivity index (χ4n) is 3.51. The molecular formula is C23H35N5O2. The Morgan fingerprint density at radius 3 is 2.33 bits per heavy atom. The molecule has 1 N–H and O–H groups in total. The van der Waals surface area contributed by atoms with Gasteiger partial charge in [-0.2, -0.15) is 0 Å². The van der Waals surface area contributed by atoms with Crippen molar-refractivity contribution in [2.45, 2.75) is 33.4 Å². The molecule has 3 rings (SSSR count). The fraction of sp³-hybridized carbons (Fsp3) is 0.565. The van der Waals surface area contributed by atoms with Gasteiger partial charge < -0.3 is 14.6 Å². The number of hydrogen-bond donors (Lipinski definition) is 1. The maximum atomic E-state index is 12.2. The van der Waals surface area contributed by atoms with Crippen LogP contribution >= 0.6 is 0 Å². The molecule has 1 aromatic carbocycles. The molecule has 0 saturated carbocycles. The largest absolute Gasteiger partial charge is 0.447 e. The minimum atomic E-state index is -0.157. The molecule has 0 radical (unpaired) electrons. The molecule has 0 bridgehead atoms. The first-order valence-electron chi connectivity index (χ1n) is 10.8. The van der Waals surface area contributed by atoms with Gasteiger partial charge in [0.2, 0.25) is 5.89 Å². The van der Waals surface area contributed by atoms with Gasteiger partial charge >= 0.3 is 0 Å². The minimum Gasteiger partial charge on any atom is -0.447 e. The third-order valence-electron chi connectivity index (χ3n) is 5.47. The van der Waals surface area contributed by atoms with Crippen molar-refractivity contribution in [1.29, 1.82) is 0 Å². The number of aromatic nitrogens is 1. The van der Waals surface area contributed by atoms with Crippen LogP contribution in [0.25, 0.3) is 0 Å². The highest BCUT2D eigenvalue weighted by molar-refractivity contribution is 5.91. The highest BCUT2D eigenvalue weighted by atomic mass is 16.3. The Morgan fingerprint density at radius 2 is 1.73 bits per heavy atom. The molecule has 0 unspecified atom stereocenters. The topological polar surface area (TPSA) is 64.9 Å². The van der Waals surface area contributed by atoms with Crippen molar-refractivity contribution in [3.8, 4) is 0 Å². The molecule has 0 aliphatic carbocycles. The molecule has 164 valence electrons. The van der Waals surface area contributed by atoms with E-state index in [4.69, 9.17) is 4.42 Å². The van der Waals surface area contributed by atoms with Crippen LogP contribution in [0.3, 0.4) is 0 Å². The first-order valence-corrected chi connectivity index (χ1v) is 10.8. The molecule has 7 heteroatoms. The normalized spacial score (nSPS) is 15.5. The molecule has 2 heterocycles. The van der Waals surface area contributed by atoms with Gasteiger partial charge in [0, 0.05) is 59.1 Å². The van der Waals surface area contributed by atoms with E-state index in [0.717, 1.165) is 39.1 Å². The Kier molecular flexibility index (Phi) is 7.87. The van der Waals surface area contributed by atoms with E-state index in [1.807, 2.05) is 0 Å². The third-order valence-corrected chi connectivity index (χ3v) is 5.47. The summed E-state index contributed by atoms with van der Waals surface area (Å²) < 4.78 is 5.54. The molecule has 1 aliphatic heterocycles. The van der Waals surface area contributed by atoms with Crippen molar-refractivity contribution in [1.82, 2.24) is 20.1 Å². The molecule has 30 heavy (non-hydrogen) atoms. The van der Waals surface area contributed by atoms with Crippen LogP contribution in [0.5, 0.6) is 0 Å². The number of oxazole rings is 1. The number of carbonyl (C=O) groups is 1. The Bertz CT molecular complexity index is 792. The Balaban J connectivity index is 1.41. The summed E-state index contributed by atoms with van der Waals surface area (Å²) in [6.45, 7) is 10.5. The van der Waals surface area contributed by atoms with Gasteiger partial charge in [-0.25, -0.2) is 4.98 Å². The zero-order chi connectivity index (χ0) is 21.5. The number of nitrogens with one attached hydrogen (secondary N) is 1. The summed E-state index contributed by atoms with van der Waals surface area (Å²) in [5.41, 5.74) is 2.94. The van der Waals surface area contributed by atoms with Gasteiger partial charge in [-0.1, -0.05) is 26.0 Å². The van der Waals surface area contributed by atoms with Gasteiger partial charge in [-0.3, -0.25) is 14.6 Å². The number of rotatable bonds is 9. The van der Waals surface area contributed by atoms with Crippen LogP contribution in [-0.2, 0) is 13.1 Å². The number of nitrogens with zero attached hydrogens (tertiary/aromatic N) is 4. The predicted octanol–water partition coefficient (Wildman–Crippen LogP) is 2.83. The third kappa shape index (κ3) is 6.57. The summed E-state index contributed by atoms with van der Waals surface area (Å²) >= 11 is 0. The van der Waals surface area contributed by atoms with Crippen LogP contribution in [0.15, 0.2) is 34.9 Å². The van der Waals surface area contributed by atoms with Gasteiger partial charge in [0.05, 0.1) is 6.54 Å². The van der Waals surface area contributed by atoms with Crippen molar-refractivity contribution in [3.05, 3.63) is 47.7 Å². The predicted molar refractivity (Wildman–Crippen MR) is 120 cm³/mol. The molecule has 0 atom stereocenters. The zero-order valence-electron chi connectivity index (χ0n) is 18.7. The summed E-state index contributed by atoms with van der Waals surface area (Å²) in [6.07, 6.45) is 2.42. The summed E-state index contributed by atoms with van der Waals surface area (Å²) in [6, 6.07) is 8.76. The highest BCUT2D eigenvalue weighted by Gasteiger charge is 2.20. The Labute approximate surface area is 180 Å². The lowest BCUT2D eigenvalue weighted by Gasteiger charge is -2.34. The van der Waals surface area contributed by atoms with Crippen LogP contribution in [0, 0.1) is 5.92 Å². The number of hydrogen-bond acceptors (Lipinski definition) is 6. The van der Waals surface area contributed by atoms with Crippen LogP contribution in [0.2, 0.25) is 0 Å². The van der Waals surface area contributed by atoms with E-state index < -0.39 is 0 Å². The quantitative estimate of drug-likeness (QED) is 0.682. The van der Waals surface area contributed by atoms with Gasteiger partial charge in [0.1, 0.15) is 6.26 Å². The minimum absolute atomic E-state index is 0.157. The summed E-state index contributed by atoms with van der Waals surface area (Å²) in [7, 11) is 4.12. The number of piperazine rings is 1. The van der Waals surface area contributed by atoms with Crippen LogP contribution in [0.1, 0.15) is 42.2 Å². The van der Waals surface area contributed by atoms with Gasteiger partial charge in [0.25, 0.3) is 5.91 Å². The van der Waals surface area contributed by atoms with E-state index in [2.05, 4.69) is 77.2 Å². The second kappa shape index (κ2) is 10.6. The number of benzene rings is 1. The average Bonchev–Trinajstić information content (AvgIpc) is 3.18. The molecule has 1 saturated heterocycles. The molecule has 0 spiro atoms. The number of anilines is 1.